The number of benzene rings is 1. The minimum Gasteiger partial charge on any atom is -0.361 e. The summed E-state index contributed by atoms with van der Waals surface area (Å²) in [5.41, 5.74) is 0.957. The Morgan fingerprint density at radius 1 is 1.23 bits per heavy atom. The minimum atomic E-state index is -4.41. The van der Waals surface area contributed by atoms with Crippen LogP contribution in [0.25, 0.3) is 10.9 Å². The second kappa shape index (κ2) is 10.9. The molecule has 5 nitrogen and oxygen atoms in total. The van der Waals surface area contributed by atoms with Crippen molar-refractivity contribution in [3.63, 3.8) is 0 Å². The summed E-state index contributed by atoms with van der Waals surface area (Å²) in [5, 5.41) is 8.71. The number of fused-ring (bicyclic) bond motifs is 1. The standard InChI is InChI=1S/C19H21F4N5S.HI/c1-2-24-18(26-8-6-17-28-16(11-29-17)19(21,22)23)25-7-5-12-10-27-15-9-13(20)3-4-14(12)15;/h3-4,9-11,27H,2,5-8H2,1H3,(H2,24,25,26);1H. The number of aromatic nitrogens is 2. The van der Waals surface area contributed by atoms with Gasteiger partial charge in [-0.3, -0.25) is 4.99 Å². The van der Waals surface area contributed by atoms with E-state index in [2.05, 4.69) is 25.6 Å². The smallest absolute Gasteiger partial charge is 0.361 e. The highest BCUT2D eigenvalue weighted by Gasteiger charge is 2.33. The van der Waals surface area contributed by atoms with Crippen LogP contribution in [0.1, 0.15) is 23.2 Å². The van der Waals surface area contributed by atoms with Gasteiger partial charge in [0.05, 0.1) is 5.01 Å². The summed E-state index contributed by atoms with van der Waals surface area (Å²) in [4.78, 5) is 11.1. The molecule has 0 bridgehead atoms. The second-order valence-electron chi connectivity index (χ2n) is 6.32. The molecule has 2 aromatic heterocycles. The number of nitrogens with one attached hydrogen (secondary N) is 3. The third-order valence-corrected chi connectivity index (χ3v) is 5.11. The Hall–Kier alpha value is -1.89. The Bertz CT molecular complexity index is 983. The van der Waals surface area contributed by atoms with Crippen LogP contribution >= 0.6 is 35.3 Å². The first-order valence-electron chi connectivity index (χ1n) is 9.16. The summed E-state index contributed by atoms with van der Waals surface area (Å²) in [6, 6.07) is 4.64. The number of rotatable bonds is 7. The summed E-state index contributed by atoms with van der Waals surface area (Å²) < 4.78 is 51.1. The molecule has 2 heterocycles. The average molecular weight is 555 g/mol. The van der Waals surface area contributed by atoms with Crippen LogP contribution in [0.4, 0.5) is 17.6 Å². The number of guanidine groups is 1. The van der Waals surface area contributed by atoms with Crippen LogP contribution in [0.15, 0.2) is 34.8 Å². The van der Waals surface area contributed by atoms with Crippen molar-refractivity contribution in [2.24, 2.45) is 4.99 Å². The summed E-state index contributed by atoms with van der Waals surface area (Å²) >= 11 is 0.988. The quantitative estimate of drug-likeness (QED) is 0.171. The van der Waals surface area contributed by atoms with E-state index < -0.39 is 11.9 Å². The predicted octanol–water partition coefficient (Wildman–Crippen LogP) is 4.74. The molecule has 1 aromatic carbocycles. The largest absolute Gasteiger partial charge is 0.434 e. The lowest BCUT2D eigenvalue weighted by Crippen LogP contribution is -2.38. The van der Waals surface area contributed by atoms with E-state index in [9.17, 15) is 17.6 Å². The van der Waals surface area contributed by atoms with Crippen molar-refractivity contribution in [3.05, 3.63) is 51.9 Å². The van der Waals surface area contributed by atoms with Gasteiger partial charge in [-0.05, 0) is 37.1 Å². The van der Waals surface area contributed by atoms with E-state index >= 15 is 0 Å². The maximum Gasteiger partial charge on any atom is 0.434 e. The van der Waals surface area contributed by atoms with Crippen LogP contribution < -0.4 is 10.6 Å². The summed E-state index contributed by atoms with van der Waals surface area (Å²) in [5.74, 6) is 0.305. The molecule has 11 heteroatoms. The van der Waals surface area contributed by atoms with E-state index in [0.29, 0.717) is 43.4 Å². The van der Waals surface area contributed by atoms with Crippen molar-refractivity contribution in [3.8, 4) is 0 Å². The van der Waals surface area contributed by atoms with Crippen molar-refractivity contribution in [1.82, 2.24) is 20.6 Å². The van der Waals surface area contributed by atoms with Gasteiger partial charge in [-0.2, -0.15) is 13.2 Å². The normalized spacial score (nSPS) is 12.1. The van der Waals surface area contributed by atoms with Gasteiger partial charge >= 0.3 is 6.18 Å². The third-order valence-electron chi connectivity index (χ3n) is 4.20. The van der Waals surface area contributed by atoms with Crippen molar-refractivity contribution >= 4 is 52.2 Å². The lowest BCUT2D eigenvalue weighted by molar-refractivity contribution is -0.140. The van der Waals surface area contributed by atoms with Gasteiger partial charge in [0, 0.05) is 48.5 Å². The zero-order valence-corrected chi connectivity index (χ0v) is 19.3. The molecule has 0 aliphatic carbocycles. The molecule has 0 aliphatic rings. The molecule has 3 aromatic rings. The van der Waals surface area contributed by atoms with Crippen LogP contribution in [0.3, 0.4) is 0 Å². The van der Waals surface area contributed by atoms with Gasteiger partial charge in [0.1, 0.15) is 5.82 Å². The van der Waals surface area contributed by atoms with Gasteiger partial charge in [0.15, 0.2) is 11.7 Å². The minimum absolute atomic E-state index is 0. The molecule has 164 valence electrons. The Morgan fingerprint density at radius 2 is 2.03 bits per heavy atom. The first-order chi connectivity index (χ1) is 13.9. The Labute approximate surface area is 192 Å². The van der Waals surface area contributed by atoms with Gasteiger partial charge in [0.25, 0.3) is 0 Å². The zero-order valence-electron chi connectivity index (χ0n) is 16.1. The first-order valence-corrected chi connectivity index (χ1v) is 10.0. The number of halogens is 5. The SMILES string of the molecule is CCNC(=NCCc1nc(C(F)(F)F)cs1)NCCc1c[nH]c2cc(F)ccc12.I. The molecule has 3 N–H and O–H groups in total. The van der Waals surface area contributed by atoms with E-state index in [1.54, 1.807) is 6.07 Å². The Balaban J connectivity index is 0.00000320. The fourth-order valence-electron chi connectivity index (χ4n) is 2.84. The molecule has 0 aliphatic heterocycles. The summed E-state index contributed by atoms with van der Waals surface area (Å²) in [6.07, 6.45) is -1.51. The van der Waals surface area contributed by atoms with Crippen LogP contribution in [0, 0.1) is 5.82 Å². The highest BCUT2D eigenvalue weighted by atomic mass is 127. The van der Waals surface area contributed by atoms with Crippen molar-refractivity contribution in [2.75, 3.05) is 19.6 Å². The molecule has 0 saturated carbocycles. The van der Waals surface area contributed by atoms with E-state index in [-0.39, 0.29) is 29.8 Å². The number of hydrogen-bond donors (Lipinski definition) is 3. The molecule has 0 saturated heterocycles. The number of thiazole rings is 1. The topological polar surface area (TPSA) is 65.1 Å². The van der Waals surface area contributed by atoms with E-state index in [1.807, 2.05) is 13.1 Å². The van der Waals surface area contributed by atoms with E-state index in [4.69, 9.17) is 0 Å². The summed E-state index contributed by atoms with van der Waals surface area (Å²) in [7, 11) is 0. The maximum atomic E-state index is 13.3. The van der Waals surface area contributed by atoms with Gasteiger partial charge in [-0.15, -0.1) is 35.3 Å². The van der Waals surface area contributed by atoms with Crippen LogP contribution in [-0.2, 0) is 19.0 Å². The van der Waals surface area contributed by atoms with Crippen LogP contribution in [0.5, 0.6) is 0 Å². The first kappa shape index (κ1) is 24.4. The van der Waals surface area contributed by atoms with Crippen LogP contribution in [0.2, 0.25) is 0 Å². The molecule has 0 radical (unpaired) electrons. The third kappa shape index (κ3) is 6.56. The molecule has 0 amide bonds. The van der Waals surface area contributed by atoms with E-state index in [0.717, 1.165) is 33.2 Å². The molecule has 0 atom stereocenters. The van der Waals surface area contributed by atoms with Crippen molar-refractivity contribution in [1.29, 1.82) is 0 Å². The van der Waals surface area contributed by atoms with Gasteiger partial charge < -0.3 is 15.6 Å². The predicted molar refractivity (Wildman–Crippen MR) is 122 cm³/mol. The second-order valence-corrected chi connectivity index (χ2v) is 7.26. The van der Waals surface area contributed by atoms with Crippen molar-refractivity contribution in [2.45, 2.75) is 25.9 Å². The van der Waals surface area contributed by atoms with Gasteiger partial charge in [-0.25, -0.2) is 9.37 Å². The highest BCUT2D eigenvalue weighted by Crippen LogP contribution is 2.30. The molecule has 0 spiro atoms. The highest BCUT2D eigenvalue weighted by molar-refractivity contribution is 14.0. The molecule has 0 unspecified atom stereocenters. The van der Waals surface area contributed by atoms with Crippen molar-refractivity contribution < 1.29 is 17.6 Å². The summed E-state index contributed by atoms with van der Waals surface area (Å²) in [6.45, 7) is 3.52. The number of nitrogens with zero attached hydrogens (tertiary/aromatic N) is 2. The lowest BCUT2D eigenvalue weighted by atomic mass is 10.1. The van der Waals surface area contributed by atoms with Gasteiger partial charge in [-0.1, -0.05) is 0 Å². The number of alkyl halides is 3. The lowest BCUT2D eigenvalue weighted by Gasteiger charge is -2.11. The molecule has 30 heavy (non-hydrogen) atoms. The molecular formula is C19H22F4IN5S. The van der Waals surface area contributed by atoms with E-state index in [1.165, 1.54) is 12.1 Å². The zero-order chi connectivity index (χ0) is 20.9. The number of aromatic amines is 1. The number of aliphatic imine (C=N–C) groups is 1. The molecule has 0 fully saturated rings. The Kier molecular flexibility index (Phi) is 8.89. The van der Waals surface area contributed by atoms with Crippen LogP contribution in [-0.4, -0.2) is 35.6 Å². The van der Waals surface area contributed by atoms with Gasteiger partial charge in [0.2, 0.25) is 0 Å². The fraction of sp³-hybridized carbons (Fsp3) is 0.368. The molecular weight excluding hydrogens is 533 g/mol. The maximum absolute atomic E-state index is 13.3. The monoisotopic (exact) mass is 555 g/mol. The average Bonchev–Trinajstić information content (AvgIpc) is 3.28. The number of hydrogen-bond acceptors (Lipinski definition) is 3. The Morgan fingerprint density at radius 3 is 2.73 bits per heavy atom. The number of H-pyrrole nitrogens is 1. The fourth-order valence-corrected chi connectivity index (χ4v) is 3.64. The molecule has 3 rings (SSSR count).